The lowest BCUT2D eigenvalue weighted by Crippen LogP contribution is -2.51. The number of nitrogens with zero attached hydrogens (tertiary/aromatic N) is 2. The average molecular weight is 268 g/mol. The molecule has 0 atom stereocenters. The maximum absolute atomic E-state index is 12.1. The zero-order chi connectivity index (χ0) is 14.6. The van der Waals surface area contributed by atoms with E-state index in [1.54, 1.807) is 4.68 Å². The number of aromatic nitrogens is 2. The Labute approximate surface area is 114 Å². The lowest BCUT2D eigenvalue weighted by atomic mass is 9.94. The second kappa shape index (κ2) is 6.06. The first kappa shape index (κ1) is 15.5. The molecule has 0 aromatic carbocycles. The summed E-state index contributed by atoms with van der Waals surface area (Å²) >= 11 is 0. The molecule has 0 saturated carbocycles. The van der Waals surface area contributed by atoms with Gasteiger partial charge in [-0.1, -0.05) is 13.8 Å². The molecule has 1 aromatic heterocycles. The van der Waals surface area contributed by atoms with Crippen LogP contribution in [0.1, 0.15) is 38.1 Å². The van der Waals surface area contributed by atoms with E-state index in [1.807, 2.05) is 27.7 Å². The van der Waals surface area contributed by atoms with Crippen molar-refractivity contribution >= 4 is 11.6 Å². The third-order valence-electron chi connectivity index (χ3n) is 3.79. The first-order valence-electron chi connectivity index (χ1n) is 6.60. The van der Waals surface area contributed by atoms with E-state index in [2.05, 4.69) is 10.4 Å². The van der Waals surface area contributed by atoms with Crippen LogP contribution in [0.3, 0.4) is 0 Å². The minimum atomic E-state index is -0.543. The van der Waals surface area contributed by atoms with E-state index in [-0.39, 0.29) is 19.1 Å². The highest BCUT2D eigenvalue weighted by atomic mass is 16.3. The maximum Gasteiger partial charge on any atom is 0.242 e. The Morgan fingerprint density at radius 3 is 2.37 bits per heavy atom. The molecule has 1 rings (SSSR count). The van der Waals surface area contributed by atoms with Crippen LogP contribution in [0.15, 0.2) is 0 Å². The van der Waals surface area contributed by atoms with Crippen molar-refractivity contribution in [1.82, 2.24) is 15.1 Å². The molecule has 0 bridgehead atoms. The molecule has 4 N–H and O–H groups in total. The van der Waals surface area contributed by atoms with Crippen molar-refractivity contribution in [3.63, 3.8) is 0 Å². The number of nitrogen functional groups attached to an aromatic ring is 1. The number of hydrogen-bond acceptors (Lipinski definition) is 4. The van der Waals surface area contributed by atoms with Crippen LogP contribution in [0.25, 0.3) is 0 Å². The van der Waals surface area contributed by atoms with Crippen LogP contribution in [-0.4, -0.2) is 32.9 Å². The predicted octanol–water partition coefficient (Wildman–Crippen LogP) is 0.749. The third kappa shape index (κ3) is 3.26. The average Bonchev–Trinajstić information content (AvgIpc) is 2.64. The topological polar surface area (TPSA) is 93.2 Å². The first-order valence-corrected chi connectivity index (χ1v) is 6.60. The summed E-state index contributed by atoms with van der Waals surface area (Å²) in [5, 5.41) is 16.6. The molecular formula is C13H24N4O2. The Morgan fingerprint density at radius 2 is 2.00 bits per heavy atom. The van der Waals surface area contributed by atoms with Crippen LogP contribution < -0.4 is 11.1 Å². The molecule has 108 valence electrons. The van der Waals surface area contributed by atoms with Crippen LogP contribution >= 0.6 is 0 Å². The van der Waals surface area contributed by atoms with Gasteiger partial charge >= 0.3 is 0 Å². The highest BCUT2D eigenvalue weighted by Crippen LogP contribution is 2.16. The fourth-order valence-electron chi connectivity index (χ4n) is 2.03. The van der Waals surface area contributed by atoms with Crippen molar-refractivity contribution in [3.8, 4) is 0 Å². The van der Waals surface area contributed by atoms with E-state index in [4.69, 9.17) is 5.73 Å². The van der Waals surface area contributed by atoms with Gasteiger partial charge in [-0.2, -0.15) is 5.10 Å². The Kier molecular flexibility index (Phi) is 4.94. The molecule has 0 saturated heterocycles. The molecule has 0 aliphatic carbocycles. The lowest BCUT2D eigenvalue weighted by molar-refractivity contribution is -0.124. The van der Waals surface area contributed by atoms with Crippen LogP contribution in [-0.2, 0) is 11.3 Å². The summed E-state index contributed by atoms with van der Waals surface area (Å²) in [6.07, 6.45) is 1.37. The van der Waals surface area contributed by atoms with E-state index in [0.717, 1.165) is 11.4 Å². The molecule has 1 amide bonds. The van der Waals surface area contributed by atoms with Crippen molar-refractivity contribution in [3.05, 3.63) is 11.4 Å². The van der Waals surface area contributed by atoms with Gasteiger partial charge in [-0.15, -0.1) is 0 Å². The Morgan fingerprint density at radius 1 is 1.42 bits per heavy atom. The quantitative estimate of drug-likeness (QED) is 0.709. The fraction of sp³-hybridized carbons (Fsp3) is 0.692. The molecule has 1 aromatic rings. The Balaban J connectivity index is 2.77. The number of nitrogens with one attached hydrogen (secondary N) is 1. The van der Waals surface area contributed by atoms with Crippen LogP contribution in [0.5, 0.6) is 0 Å². The number of nitrogens with two attached hydrogens (primary N) is 1. The van der Waals surface area contributed by atoms with Crippen LogP contribution in [0.4, 0.5) is 5.69 Å². The zero-order valence-corrected chi connectivity index (χ0v) is 12.2. The van der Waals surface area contributed by atoms with Crippen molar-refractivity contribution in [2.45, 2.75) is 52.6 Å². The van der Waals surface area contributed by atoms with Gasteiger partial charge < -0.3 is 16.2 Å². The van der Waals surface area contributed by atoms with Gasteiger partial charge in [-0.25, -0.2) is 0 Å². The second-order valence-corrected chi connectivity index (χ2v) is 4.94. The molecule has 0 aliphatic heterocycles. The zero-order valence-electron chi connectivity index (χ0n) is 12.2. The number of carbonyl (C=O) groups excluding carboxylic acids is 1. The second-order valence-electron chi connectivity index (χ2n) is 4.94. The number of hydrogen-bond donors (Lipinski definition) is 3. The third-order valence-corrected chi connectivity index (χ3v) is 3.79. The standard InChI is InChI=1S/C13H24N4O2/c1-5-13(6-2,8-18)15-11(19)7-17-10(4)12(14)9(3)16-17/h18H,5-8,14H2,1-4H3,(H,15,19). The van der Waals surface area contributed by atoms with Gasteiger partial charge in [0, 0.05) is 0 Å². The monoisotopic (exact) mass is 268 g/mol. The number of anilines is 1. The van der Waals surface area contributed by atoms with Crippen LogP contribution in [0, 0.1) is 13.8 Å². The first-order chi connectivity index (χ1) is 8.89. The number of aryl methyl sites for hydroxylation is 1. The minimum absolute atomic E-state index is 0.0645. The fourth-order valence-corrected chi connectivity index (χ4v) is 2.03. The normalized spacial score (nSPS) is 11.6. The summed E-state index contributed by atoms with van der Waals surface area (Å²) in [6.45, 7) is 7.59. The molecule has 1 heterocycles. The van der Waals surface area contributed by atoms with Crippen molar-refractivity contribution in [1.29, 1.82) is 0 Å². The number of aliphatic hydroxyl groups excluding tert-OH is 1. The number of carbonyl (C=O) groups is 1. The Bertz CT molecular complexity index is 441. The summed E-state index contributed by atoms with van der Waals surface area (Å²) in [5.74, 6) is -0.164. The lowest BCUT2D eigenvalue weighted by Gasteiger charge is -2.30. The molecule has 19 heavy (non-hydrogen) atoms. The molecule has 0 fully saturated rings. The van der Waals surface area contributed by atoms with Gasteiger partial charge in [0.1, 0.15) is 6.54 Å². The molecular weight excluding hydrogens is 244 g/mol. The summed E-state index contributed by atoms with van der Waals surface area (Å²) in [7, 11) is 0. The van der Waals surface area contributed by atoms with Gasteiger partial charge in [-0.3, -0.25) is 9.48 Å². The number of rotatable bonds is 6. The van der Waals surface area contributed by atoms with Gasteiger partial charge in [0.25, 0.3) is 0 Å². The highest BCUT2D eigenvalue weighted by Gasteiger charge is 2.27. The largest absolute Gasteiger partial charge is 0.396 e. The van der Waals surface area contributed by atoms with Gasteiger partial charge in [0.05, 0.1) is 29.2 Å². The maximum atomic E-state index is 12.1. The van der Waals surface area contributed by atoms with Crippen molar-refractivity contribution in [2.24, 2.45) is 0 Å². The molecule has 6 nitrogen and oxygen atoms in total. The molecule has 0 aliphatic rings. The number of amides is 1. The van der Waals surface area contributed by atoms with Crippen LogP contribution in [0.2, 0.25) is 0 Å². The summed E-state index contributed by atoms with van der Waals surface area (Å²) < 4.78 is 1.59. The van der Waals surface area contributed by atoms with E-state index in [1.165, 1.54) is 0 Å². The van der Waals surface area contributed by atoms with Crippen molar-refractivity contribution in [2.75, 3.05) is 12.3 Å². The van der Waals surface area contributed by atoms with Gasteiger partial charge in [0.15, 0.2) is 0 Å². The van der Waals surface area contributed by atoms with Crippen molar-refractivity contribution < 1.29 is 9.90 Å². The molecule has 0 spiro atoms. The van der Waals surface area contributed by atoms with Gasteiger partial charge in [-0.05, 0) is 26.7 Å². The predicted molar refractivity (Wildman–Crippen MR) is 74.7 cm³/mol. The summed E-state index contributed by atoms with van der Waals surface area (Å²) in [5.41, 5.74) is 7.42. The summed E-state index contributed by atoms with van der Waals surface area (Å²) in [6, 6.07) is 0. The van der Waals surface area contributed by atoms with E-state index in [9.17, 15) is 9.90 Å². The SMILES string of the molecule is CCC(CC)(CO)NC(=O)Cn1nc(C)c(N)c1C. The summed E-state index contributed by atoms with van der Waals surface area (Å²) in [4.78, 5) is 12.1. The molecule has 6 heteroatoms. The van der Waals surface area contributed by atoms with E-state index in [0.29, 0.717) is 18.5 Å². The van der Waals surface area contributed by atoms with E-state index >= 15 is 0 Å². The molecule has 0 unspecified atom stereocenters. The van der Waals surface area contributed by atoms with Gasteiger partial charge in [0.2, 0.25) is 5.91 Å². The van der Waals surface area contributed by atoms with E-state index < -0.39 is 5.54 Å². The Hall–Kier alpha value is -1.56. The highest BCUT2D eigenvalue weighted by molar-refractivity contribution is 5.76. The smallest absolute Gasteiger partial charge is 0.242 e. The number of aliphatic hydroxyl groups is 1. The minimum Gasteiger partial charge on any atom is -0.396 e. The molecule has 0 radical (unpaired) electrons.